The summed E-state index contributed by atoms with van der Waals surface area (Å²) in [6.07, 6.45) is 9.91. The number of pyridine rings is 1. The third-order valence-electron chi connectivity index (χ3n) is 5.71. The number of halogens is 1. The predicted molar refractivity (Wildman–Crippen MR) is 124 cm³/mol. The molecule has 8 heteroatoms. The van der Waals surface area contributed by atoms with Crippen molar-refractivity contribution in [2.75, 3.05) is 6.54 Å². The van der Waals surface area contributed by atoms with E-state index >= 15 is 0 Å². The number of likely N-dealkylation sites (tertiary alicyclic amines) is 1. The molecule has 4 heterocycles. The van der Waals surface area contributed by atoms with Gasteiger partial charge in [-0.25, -0.2) is 19.9 Å². The summed E-state index contributed by atoms with van der Waals surface area (Å²) in [5, 5.41) is 0.688. The Kier molecular flexibility index (Phi) is 6.13. The lowest BCUT2D eigenvalue weighted by molar-refractivity contribution is 0.0564. The number of carbonyl (C=O) groups is 1. The molecule has 3 aromatic heterocycles. The SMILES string of the molecule is O=C(c1cccc(-c2cncnc2)n1)N1CCCC[C@H]1c1ncc(Cc2cccc(Cl)c2)o1. The molecule has 166 valence electrons. The van der Waals surface area contributed by atoms with Crippen LogP contribution in [0.3, 0.4) is 0 Å². The average Bonchev–Trinajstić information content (AvgIpc) is 3.32. The first-order valence-electron chi connectivity index (χ1n) is 10.9. The van der Waals surface area contributed by atoms with Gasteiger partial charge in [-0.15, -0.1) is 0 Å². The van der Waals surface area contributed by atoms with Crippen LogP contribution >= 0.6 is 11.6 Å². The predicted octanol–water partition coefficient (Wildman–Crippen LogP) is 5.14. The van der Waals surface area contributed by atoms with Crippen molar-refractivity contribution in [3.8, 4) is 11.3 Å². The van der Waals surface area contributed by atoms with Gasteiger partial charge in [-0.05, 0) is 49.1 Å². The smallest absolute Gasteiger partial charge is 0.273 e. The molecule has 0 bridgehead atoms. The minimum Gasteiger partial charge on any atom is -0.443 e. The maximum absolute atomic E-state index is 13.5. The number of benzene rings is 1. The molecule has 1 fully saturated rings. The molecule has 1 aromatic carbocycles. The molecule has 4 aromatic rings. The number of hydrogen-bond acceptors (Lipinski definition) is 6. The van der Waals surface area contributed by atoms with E-state index < -0.39 is 0 Å². The monoisotopic (exact) mass is 459 g/mol. The zero-order chi connectivity index (χ0) is 22.6. The van der Waals surface area contributed by atoms with Gasteiger partial charge in [-0.1, -0.05) is 29.8 Å². The Morgan fingerprint density at radius 1 is 1.09 bits per heavy atom. The molecule has 1 aliphatic heterocycles. The van der Waals surface area contributed by atoms with Crippen LogP contribution < -0.4 is 0 Å². The van der Waals surface area contributed by atoms with E-state index in [0.29, 0.717) is 35.3 Å². The van der Waals surface area contributed by atoms with Crippen LogP contribution in [-0.2, 0) is 6.42 Å². The highest BCUT2D eigenvalue weighted by molar-refractivity contribution is 6.30. The minimum absolute atomic E-state index is 0.131. The van der Waals surface area contributed by atoms with Gasteiger partial charge in [-0.3, -0.25) is 4.79 Å². The lowest BCUT2D eigenvalue weighted by atomic mass is 10.0. The summed E-state index contributed by atoms with van der Waals surface area (Å²) < 4.78 is 6.09. The van der Waals surface area contributed by atoms with E-state index in [9.17, 15) is 4.79 Å². The van der Waals surface area contributed by atoms with Crippen LogP contribution in [0.5, 0.6) is 0 Å². The molecule has 0 spiro atoms. The van der Waals surface area contributed by atoms with Crippen molar-refractivity contribution in [2.45, 2.75) is 31.7 Å². The van der Waals surface area contributed by atoms with Crippen LogP contribution in [0.25, 0.3) is 11.3 Å². The number of carbonyl (C=O) groups excluding carboxylic acids is 1. The molecule has 1 saturated heterocycles. The number of hydrogen-bond donors (Lipinski definition) is 0. The normalized spacial score (nSPS) is 16.0. The van der Waals surface area contributed by atoms with Crippen LogP contribution in [0, 0.1) is 0 Å². The van der Waals surface area contributed by atoms with Gasteiger partial charge >= 0.3 is 0 Å². The Balaban J connectivity index is 1.37. The fourth-order valence-corrected chi connectivity index (χ4v) is 4.34. The summed E-state index contributed by atoms with van der Waals surface area (Å²) in [7, 11) is 0. The molecule has 1 amide bonds. The Labute approximate surface area is 196 Å². The number of piperidine rings is 1. The summed E-state index contributed by atoms with van der Waals surface area (Å²) in [6.45, 7) is 0.635. The van der Waals surface area contributed by atoms with Gasteiger partial charge in [-0.2, -0.15) is 0 Å². The minimum atomic E-state index is -0.218. The second-order valence-electron chi connectivity index (χ2n) is 8.02. The van der Waals surface area contributed by atoms with Crippen LogP contribution in [0.4, 0.5) is 0 Å². The summed E-state index contributed by atoms with van der Waals surface area (Å²) in [6, 6.07) is 12.9. The molecule has 0 unspecified atom stereocenters. The second-order valence-corrected chi connectivity index (χ2v) is 8.45. The zero-order valence-corrected chi connectivity index (χ0v) is 18.7. The van der Waals surface area contributed by atoms with Crippen molar-refractivity contribution in [3.63, 3.8) is 0 Å². The van der Waals surface area contributed by atoms with Crippen LogP contribution in [0.1, 0.15) is 53.0 Å². The first kappa shape index (κ1) is 21.3. The molecule has 5 rings (SSSR count). The second kappa shape index (κ2) is 9.50. The average molecular weight is 460 g/mol. The van der Waals surface area contributed by atoms with Crippen molar-refractivity contribution in [1.82, 2.24) is 24.8 Å². The maximum Gasteiger partial charge on any atom is 0.273 e. The number of amides is 1. The number of aromatic nitrogens is 4. The molecule has 0 N–H and O–H groups in total. The third kappa shape index (κ3) is 4.78. The summed E-state index contributed by atoms with van der Waals surface area (Å²) in [5.74, 6) is 1.18. The van der Waals surface area contributed by atoms with Gasteiger partial charge in [0.15, 0.2) is 0 Å². The topological polar surface area (TPSA) is 85.0 Å². The molecule has 7 nitrogen and oxygen atoms in total. The fraction of sp³-hybridized carbons (Fsp3) is 0.240. The standard InChI is InChI=1S/C25H22ClN5O2/c26-19-6-3-5-17(11-19)12-20-15-29-24(33-20)23-9-1-2-10-31(23)25(32)22-8-4-7-21(30-22)18-13-27-16-28-14-18/h3-8,11,13-16,23H,1-2,9-10,12H2/t23-/m0/s1. The summed E-state index contributed by atoms with van der Waals surface area (Å²) >= 11 is 6.10. The lowest BCUT2D eigenvalue weighted by Crippen LogP contribution is -2.39. The van der Waals surface area contributed by atoms with E-state index in [2.05, 4.69) is 19.9 Å². The summed E-state index contributed by atoms with van der Waals surface area (Å²) in [4.78, 5) is 32.5. The Hall–Kier alpha value is -3.58. The van der Waals surface area contributed by atoms with Gasteiger partial charge in [0.1, 0.15) is 23.8 Å². The van der Waals surface area contributed by atoms with Crippen molar-refractivity contribution in [2.24, 2.45) is 0 Å². The van der Waals surface area contributed by atoms with Gasteiger partial charge < -0.3 is 9.32 Å². The van der Waals surface area contributed by atoms with Crippen LogP contribution in [0.2, 0.25) is 5.02 Å². The van der Waals surface area contributed by atoms with Gasteiger partial charge in [0.25, 0.3) is 5.91 Å². The molecule has 0 aliphatic carbocycles. The highest BCUT2D eigenvalue weighted by atomic mass is 35.5. The van der Waals surface area contributed by atoms with E-state index in [1.807, 2.05) is 41.3 Å². The Morgan fingerprint density at radius 3 is 2.79 bits per heavy atom. The van der Waals surface area contributed by atoms with E-state index in [1.54, 1.807) is 24.7 Å². The molecule has 0 radical (unpaired) electrons. The van der Waals surface area contributed by atoms with Crippen LogP contribution in [-0.4, -0.2) is 37.3 Å². The fourth-order valence-electron chi connectivity index (χ4n) is 4.13. The third-order valence-corrected chi connectivity index (χ3v) is 5.95. The number of nitrogens with zero attached hydrogens (tertiary/aromatic N) is 5. The van der Waals surface area contributed by atoms with E-state index in [0.717, 1.165) is 36.1 Å². The van der Waals surface area contributed by atoms with Crippen molar-refractivity contribution >= 4 is 17.5 Å². The van der Waals surface area contributed by atoms with E-state index in [-0.39, 0.29) is 11.9 Å². The molecule has 1 atom stereocenters. The Bertz CT molecular complexity index is 1260. The van der Waals surface area contributed by atoms with Gasteiger partial charge in [0, 0.05) is 35.9 Å². The molecular formula is C25H22ClN5O2. The quantitative estimate of drug-likeness (QED) is 0.411. The van der Waals surface area contributed by atoms with Gasteiger partial charge in [0.05, 0.1) is 11.9 Å². The molecular weight excluding hydrogens is 438 g/mol. The molecule has 0 saturated carbocycles. The van der Waals surface area contributed by atoms with E-state index in [4.69, 9.17) is 16.0 Å². The Morgan fingerprint density at radius 2 is 1.94 bits per heavy atom. The zero-order valence-electron chi connectivity index (χ0n) is 17.9. The first-order chi connectivity index (χ1) is 16.2. The maximum atomic E-state index is 13.5. The highest BCUT2D eigenvalue weighted by Crippen LogP contribution is 2.32. The number of oxazole rings is 1. The first-order valence-corrected chi connectivity index (χ1v) is 11.3. The van der Waals surface area contributed by atoms with Crippen LogP contribution in [0.15, 0.2) is 71.8 Å². The molecule has 33 heavy (non-hydrogen) atoms. The van der Waals surface area contributed by atoms with Gasteiger partial charge in [0.2, 0.25) is 5.89 Å². The van der Waals surface area contributed by atoms with Crippen molar-refractivity contribution < 1.29 is 9.21 Å². The number of rotatable bonds is 5. The van der Waals surface area contributed by atoms with Crippen molar-refractivity contribution in [1.29, 1.82) is 0 Å². The van der Waals surface area contributed by atoms with E-state index in [1.165, 1.54) is 6.33 Å². The molecule has 1 aliphatic rings. The lowest BCUT2D eigenvalue weighted by Gasteiger charge is -2.33. The van der Waals surface area contributed by atoms with Crippen molar-refractivity contribution in [3.05, 3.63) is 95.3 Å². The largest absolute Gasteiger partial charge is 0.443 e. The highest BCUT2D eigenvalue weighted by Gasteiger charge is 2.32. The summed E-state index contributed by atoms with van der Waals surface area (Å²) in [5.41, 5.74) is 2.86.